The molecule has 0 heterocycles. The lowest BCUT2D eigenvalue weighted by molar-refractivity contribution is -0.483. The van der Waals surface area contributed by atoms with Gasteiger partial charge in [-0.2, -0.15) is 43.9 Å². The standard InChI is InChI=1S/C11H12F11IO/c1-2-3-4-6(23)5-7(12,9(15,16)17)24-11(21,22)8(13,14)10(18,19)20/h6H,2-5H2,1H3/t6-,7-/m1/s1. The van der Waals surface area contributed by atoms with Crippen LogP contribution >= 0.6 is 22.6 Å². The molecule has 1 nitrogen and oxygen atoms in total. The molecule has 0 saturated carbocycles. The molecule has 0 aliphatic rings. The number of alkyl halides is 12. The first-order chi connectivity index (χ1) is 10.4. The third-order valence-electron chi connectivity index (χ3n) is 2.79. The first kappa shape index (κ1) is 23.9. The van der Waals surface area contributed by atoms with Crippen LogP contribution in [0.3, 0.4) is 0 Å². The number of hydrogen-bond donors (Lipinski definition) is 0. The van der Waals surface area contributed by atoms with Gasteiger partial charge in [-0.3, -0.25) is 4.74 Å². The number of rotatable bonds is 8. The second-order valence-corrected chi connectivity index (χ2v) is 6.62. The molecular weight excluding hydrogens is 484 g/mol. The summed E-state index contributed by atoms with van der Waals surface area (Å²) in [6.45, 7) is 1.62. The van der Waals surface area contributed by atoms with E-state index in [0.29, 0.717) is 6.42 Å². The summed E-state index contributed by atoms with van der Waals surface area (Å²) >= 11 is 1.24. The molecule has 0 aromatic rings. The summed E-state index contributed by atoms with van der Waals surface area (Å²) in [7, 11) is 0. The van der Waals surface area contributed by atoms with Crippen LogP contribution in [-0.4, -0.2) is 34.2 Å². The molecule has 0 aromatic heterocycles. The Labute approximate surface area is 143 Å². The van der Waals surface area contributed by atoms with Gasteiger partial charge in [0.15, 0.2) is 0 Å². The van der Waals surface area contributed by atoms with Gasteiger partial charge in [-0.1, -0.05) is 42.4 Å². The summed E-state index contributed by atoms with van der Waals surface area (Å²) in [5.41, 5.74) is 0. The van der Waals surface area contributed by atoms with Gasteiger partial charge in [0.05, 0.1) is 0 Å². The maximum atomic E-state index is 13.9. The zero-order valence-electron chi connectivity index (χ0n) is 11.8. The van der Waals surface area contributed by atoms with Gasteiger partial charge in [-0.15, -0.1) is 0 Å². The molecule has 0 rings (SSSR count). The van der Waals surface area contributed by atoms with E-state index in [1.165, 1.54) is 22.6 Å². The topological polar surface area (TPSA) is 9.23 Å². The van der Waals surface area contributed by atoms with E-state index in [-0.39, 0.29) is 12.8 Å². The zero-order valence-corrected chi connectivity index (χ0v) is 14.0. The molecule has 0 N–H and O–H groups in total. The van der Waals surface area contributed by atoms with E-state index in [1.54, 1.807) is 6.92 Å². The van der Waals surface area contributed by atoms with Crippen LogP contribution in [0, 0.1) is 0 Å². The van der Waals surface area contributed by atoms with Gasteiger partial charge in [-0.05, 0) is 6.42 Å². The SMILES string of the molecule is CCCC[C@@H](I)C[C@@](F)(OC(F)(F)C(F)(F)C(F)(F)F)C(F)(F)F. The summed E-state index contributed by atoms with van der Waals surface area (Å²) in [5.74, 6) is -12.4. The van der Waals surface area contributed by atoms with E-state index in [4.69, 9.17) is 0 Å². The minimum atomic E-state index is -7.01. The molecule has 0 saturated heterocycles. The van der Waals surface area contributed by atoms with E-state index in [1.807, 2.05) is 0 Å². The first-order valence-electron chi connectivity index (χ1n) is 6.33. The molecule has 13 heteroatoms. The fourth-order valence-corrected chi connectivity index (χ4v) is 2.47. The predicted molar refractivity (Wildman–Crippen MR) is 68.9 cm³/mol. The van der Waals surface area contributed by atoms with E-state index < -0.39 is 40.6 Å². The molecule has 0 fully saturated rings. The van der Waals surface area contributed by atoms with Crippen molar-refractivity contribution in [2.24, 2.45) is 0 Å². The van der Waals surface area contributed by atoms with Gasteiger partial charge < -0.3 is 0 Å². The fraction of sp³-hybridized carbons (Fsp3) is 1.00. The lowest BCUT2D eigenvalue weighted by atomic mass is 10.1. The molecule has 24 heavy (non-hydrogen) atoms. The molecule has 0 bridgehead atoms. The van der Waals surface area contributed by atoms with Crippen LogP contribution in [0.1, 0.15) is 32.6 Å². The zero-order chi connectivity index (χ0) is 19.6. The first-order valence-corrected chi connectivity index (χ1v) is 7.58. The third kappa shape index (κ3) is 5.46. The van der Waals surface area contributed by atoms with Crippen LogP contribution in [-0.2, 0) is 4.74 Å². The molecule has 0 amide bonds. The predicted octanol–water partition coefficient (Wildman–Crippen LogP) is 6.41. The van der Waals surface area contributed by atoms with Crippen molar-refractivity contribution in [2.45, 2.75) is 66.8 Å². The fourth-order valence-electron chi connectivity index (χ4n) is 1.46. The van der Waals surface area contributed by atoms with Crippen molar-refractivity contribution >= 4 is 22.6 Å². The van der Waals surface area contributed by atoms with Crippen molar-refractivity contribution < 1.29 is 53.0 Å². The molecule has 0 spiro atoms. The van der Waals surface area contributed by atoms with Crippen LogP contribution in [0.5, 0.6) is 0 Å². The summed E-state index contributed by atoms with van der Waals surface area (Å²) in [4.78, 5) is 0. The monoisotopic (exact) mass is 496 g/mol. The number of unbranched alkanes of at least 4 members (excludes halogenated alkanes) is 1. The van der Waals surface area contributed by atoms with Gasteiger partial charge in [0.2, 0.25) is 0 Å². The molecular formula is C11H12F11IO. The van der Waals surface area contributed by atoms with Crippen molar-refractivity contribution in [3.8, 4) is 0 Å². The quantitative estimate of drug-likeness (QED) is 0.215. The largest absolute Gasteiger partial charge is 0.462 e. The third-order valence-corrected chi connectivity index (χ3v) is 3.85. The van der Waals surface area contributed by atoms with Gasteiger partial charge in [0.25, 0.3) is 0 Å². The Hall–Kier alpha value is -0.0800. The Morgan fingerprint density at radius 1 is 0.833 bits per heavy atom. The van der Waals surface area contributed by atoms with E-state index in [0.717, 1.165) is 0 Å². The van der Waals surface area contributed by atoms with Crippen molar-refractivity contribution in [3.63, 3.8) is 0 Å². The molecule has 0 aliphatic heterocycles. The Balaban J connectivity index is 5.57. The molecule has 0 aromatic carbocycles. The molecule has 0 aliphatic carbocycles. The average Bonchev–Trinajstić information content (AvgIpc) is 2.32. The highest BCUT2D eigenvalue weighted by molar-refractivity contribution is 14.1. The minimum absolute atomic E-state index is 0.108. The van der Waals surface area contributed by atoms with E-state index in [2.05, 4.69) is 4.74 Å². The summed E-state index contributed by atoms with van der Waals surface area (Å²) < 4.78 is 140. The molecule has 146 valence electrons. The Bertz CT molecular complexity index is 406. The van der Waals surface area contributed by atoms with Crippen LogP contribution < -0.4 is 0 Å². The molecule has 0 radical (unpaired) electrons. The average molecular weight is 496 g/mol. The summed E-state index contributed by atoms with van der Waals surface area (Å²) in [6.07, 6.45) is -21.2. The van der Waals surface area contributed by atoms with E-state index >= 15 is 0 Å². The van der Waals surface area contributed by atoms with E-state index in [9.17, 15) is 48.3 Å². The smallest absolute Gasteiger partial charge is 0.269 e. The second kappa shape index (κ2) is 7.66. The molecule has 2 atom stereocenters. The van der Waals surface area contributed by atoms with Gasteiger partial charge in [0.1, 0.15) is 0 Å². The van der Waals surface area contributed by atoms with Crippen LogP contribution in [0.25, 0.3) is 0 Å². The summed E-state index contributed by atoms with van der Waals surface area (Å²) in [6, 6.07) is 0. The van der Waals surface area contributed by atoms with Crippen LogP contribution in [0.15, 0.2) is 0 Å². The number of hydrogen-bond acceptors (Lipinski definition) is 1. The minimum Gasteiger partial charge on any atom is -0.269 e. The highest BCUT2D eigenvalue weighted by atomic mass is 127. The van der Waals surface area contributed by atoms with Gasteiger partial charge in [-0.25, -0.2) is 4.39 Å². The maximum absolute atomic E-state index is 13.9. The summed E-state index contributed by atoms with van der Waals surface area (Å²) in [5, 5.41) is 0. The van der Waals surface area contributed by atoms with Crippen molar-refractivity contribution in [2.75, 3.05) is 0 Å². The highest BCUT2D eigenvalue weighted by Gasteiger charge is 2.78. The molecule has 0 unspecified atom stereocenters. The van der Waals surface area contributed by atoms with Crippen molar-refractivity contribution in [1.82, 2.24) is 0 Å². The van der Waals surface area contributed by atoms with Crippen molar-refractivity contribution in [1.29, 1.82) is 0 Å². The Morgan fingerprint density at radius 2 is 1.29 bits per heavy atom. The number of ether oxygens (including phenoxy) is 1. The van der Waals surface area contributed by atoms with Crippen molar-refractivity contribution in [3.05, 3.63) is 0 Å². The van der Waals surface area contributed by atoms with Gasteiger partial charge in [0, 0.05) is 10.3 Å². The van der Waals surface area contributed by atoms with Crippen LogP contribution in [0.4, 0.5) is 48.3 Å². The Morgan fingerprint density at radius 3 is 1.62 bits per heavy atom. The Kier molecular flexibility index (Phi) is 7.63. The lowest BCUT2D eigenvalue weighted by Gasteiger charge is -2.35. The highest BCUT2D eigenvalue weighted by Crippen LogP contribution is 2.52. The maximum Gasteiger partial charge on any atom is 0.462 e. The van der Waals surface area contributed by atoms with Crippen LogP contribution in [0.2, 0.25) is 0 Å². The number of halogens is 12. The lowest BCUT2D eigenvalue weighted by Crippen LogP contribution is -2.59. The second-order valence-electron chi connectivity index (χ2n) is 4.86. The normalized spacial score (nSPS) is 18.4. The van der Waals surface area contributed by atoms with Gasteiger partial charge >= 0.3 is 30.2 Å².